The Morgan fingerprint density at radius 3 is 3.00 bits per heavy atom. The summed E-state index contributed by atoms with van der Waals surface area (Å²) in [5.74, 6) is 0.304. The summed E-state index contributed by atoms with van der Waals surface area (Å²) in [4.78, 5) is 23.4. The molecule has 0 amide bonds. The summed E-state index contributed by atoms with van der Waals surface area (Å²) >= 11 is 6.85. The van der Waals surface area contributed by atoms with Crippen molar-refractivity contribution in [2.24, 2.45) is 0 Å². The van der Waals surface area contributed by atoms with Crippen molar-refractivity contribution in [1.29, 1.82) is 0 Å². The van der Waals surface area contributed by atoms with E-state index in [9.17, 15) is 4.79 Å². The molecule has 3 aromatic rings. The number of hydrogen-bond donors (Lipinski definition) is 1. The first-order chi connectivity index (χ1) is 12.0. The summed E-state index contributed by atoms with van der Waals surface area (Å²) in [6.45, 7) is 2.02. The first kappa shape index (κ1) is 16.7. The van der Waals surface area contributed by atoms with Gasteiger partial charge < -0.3 is 10.2 Å². The van der Waals surface area contributed by atoms with E-state index in [1.165, 1.54) is 0 Å². The van der Waals surface area contributed by atoms with Crippen LogP contribution in [0.25, 0.3) is 11.0 Å². The molecule has 0 unspecified atom stereocenters. The molecule has 0 bridgehead atoms. The zero-order chi connectivity index (χ0) is 17.6. The number of aromatic nitrogens is 2. The molecule has 1 aliphatic rings. The van der Waals surface area contributed by atoms with Gasteiger partial charge in [-0.1, -0.05) is 15.9 Å². The first-order valence-corrected chi connectivity index (χ1v) is 9.32. The Balaban J connectivity index is 1.64. The monoisotopic (exact) mass is 464 g/mol. The van der Waals surface area contributed by atoms with Crippen LogP contribution in [0, 0.1) is 0 Å². The quantitative estimate of drug-likeness (QED) is 0.625. The maximum absolute atomic E-state index is 12.8. The van der Waals surface area contributed by atoms with Crippen molar-refractivity contribution in [1.82, 2.24) is 14.9 Å². The van der Waals surface area contributed by atoms with E-state index < -0.39 is 0 Å². The third-order valence-electron chi connectivity index (χ3n) is 4.29. The molecule has 0 atom stereocenters. The second kappa shape index (κ2) is 6.51. The number of halogens is 2. The molecular formula is C17H14Br2N4O2. The van der Waals surface area contributed by atoms with Crippen LogP contribution in [0.1, 0.15) is 16.8 Å². The topological polar surface area (TPSA) is 85.2 Å². The van der Waals surface area contributed by atoms with Crippen LogP contribution in [0.15, 0.2) is 42.7 Å². The van der Waals surface area contributed by atoms with Crippen molar-refractivity contribution in [3.05, 3.63) is 60.6 Å². The fourth-order valence-corrected chi connectivity index (χ4v) is 4.40. The van der Waals surface area contributed by atoms with Gasteiger partial charge in [0.05, 0.1) is 21.8 Å². The maximum atomic E-state index is 12.8. The van der Waals surface area contributed by atoms with Crippen molar-refractivity contribution in [2.45, 2.75) is 19.5 Å². The molecule has 2 aromatic heterocycles. The molecule has 0 radical (unpaired) electrons. The smallest absolute Gasteiger partial charge is 0.220 e. The summed E-state index contributed by atoms with van der Waals surface area (Å²) in [6.07, 6.45) is 4.11. The Morgan fingerprint density at radius 1 is 1.32 bits per heavy atom. The zero-order valence-corrected chi connectivity index (χ0v) is 16.3. The Bertz CT molecular complexity index is 1040. The highest BCUT2D eigenvalue weighted by Crippen LogP contribution is 2.27. The molecule has 1 aliphatic heterocycles. The predicted molar refractivity (Wildman–Crippen MR) is 102 cm³/mol. The van der Waals surface area contributed by atoms with Gasteiger partial charge in [0.2, 0.25) is 5.95 Å². The SMILES string of the molecule is Nc1ncc2c(n1)CCN(Cc1coc3c(Br)cc(Br)cc3c1=O)C2. The van der Waals surface area contributed by atoms with Crippen LogP contribution in [-0.4, -0.2) is 21.4 Å². The number of nitrogen functional groups attached to an aromatic ring is 1. The second-order valence-corrected chi connectivity index (χ2v) is 7.79. The average Bonchev–Trinajstić information content (AvgIpc) is 2.58. The molecule has 8 heteroatoms. The lowest BCUT2D eigenvalue weighted by Gasteiger charge is -2.27. The van der Waals surface area contributed by atoms with Gasteiger partial charge in [0.15, 0.2) is 11.0 Å². The van der Waals surface area contributed by atoms with Crippen LogP contribution in [0.4, 0.5) is 5.95 Å². The molecular weight excluding hydrogens is 452 g/mol. The van der Waals surface area contributed by atoms with Gasteiger partial charge in [-0.05, 0) is 28.1 Å². The Morgan fingerprint density at radius 2 is 2.16 bits per heavy atom. The van der Waals surface area contributed by atoms with Crippen molar-refractivity contribution in [3.8, 4) is 0 Å². The molecule has 25 heavy (non-hydrogen) atoms. The van der Waals surface area contributed by atoms with E-state index in [4.69, 9.17) is 10.2 Å². The van der Waals surface area contributed by atoms with Gasteiger partial charge >= 0.3 is 0 Å². The van der Waals surface area contributed by atoms with Crippen LogP contribution in [0.5, 0.6) is 0 Å². The van der Waals surface area contributed by atoms with Gasteiger partial charge in [0, 0.05) is 47.9 Å². The number of nitrogens with two attached hydrogens (primary N) is 1. The number of nitrogens with zero attached hydrogens (tertiary/aromatic N) is 3. The van der Waals surface area contributed by atoms with E-state index in [-0.39, 0.29) is 5.43 Å². The molecule has 0 saturated heterocycles. The standard InChI is InChI=1S/C17H14Br2N4O2/c18-11-3-12-15(24)10(8-25-16(12)13(19)4-11)7-23-2-1-14-9(6-23)5-21-17(20)22-14/h3-5,8H,1-2,6-7H2,(H2,20,21,22). The molecule has 128 valence electrons. The van der Waals surface area contributed by atoms with Gasteiger partial charge in [-0.15, -0.1) is 0 Å². The molecule has 0 aliphatic carbocycles. The normalized spacial score (nSPS) is 14.6. The Labute approximate surface area is 160 Å². The van der Waals surface area contributed by atoms with Crippen LogP contribution in [0.3, 0.4) is 0 Å². The number of anilines is 1. The first-order valence-electron chi connectivity index (χ1n) is 7.73. The second-order valence-electron chi connectivity index (χ2n) is 6.02. The molecule has 2 N–H and O–H groups in total. The van der Waals surface area contributed by atoms with Gasteiger partial charge in [-0.3, -0.25) is 9.69 Å². The van der Waals surface area contributed by atoms with Crippen molar-refractivity contribution in [3.63, 3.8) is 0 Å². The van der Waals surface area contributed by atoms with Crippen molar-refractivity contribution < 1.29 is 4.42 Å². The maximum Gasteiger partial charge on any atom is 0.220 e. The van der Waals surface area contributed by atoms with E-state index in [0.717, 1.165) is 33.2 Å². The van der Waals surface area contributed by atoms with Gasteiger partial charge in [-0.25, -0.2) is 9.97 Å². The van der Waals surface area contributed by atoms with Crippen LogP contribution < -0.4 is 11.2 Å². The molecule has 0 fully saturated rings. The summed E-state index contributed by atoms with van der Waals surface area (Å²) in [6, 6.07) is 3.65. The third-order valence-corrected chi connectivity index (χ3v) is 5.34. The van der Waals surface area contributed by atoms with E-state index in [1.807, 2.05) is 6.07 Å². The van der Waals surface area contributed by atoms with E-state index in [2.05, 4.69) is 46.7 Å². The van der Waals surface area contributed by atoms with Gasteiger partial charge in [0.1, 0.15) is 0 Å². The minimum Gasteiger partial charge on any atom is -0.463 e. The molecule has 6 nitrogen and oxygen atoms in total. The van der Waals surface area contributed by atoms with E-state index in [1.54, 1.807) is 18.5 Å². The van der Waals surface area contributed by atoms with E-state index >= 15 is 0 Å². The molecule has 4 rings (SSSR count). The molecule has 3 heterocycles. The van der Waals surface area contributed by atoms with Crippen LogP contribution in [-0.2, 0) is 19.5 Å². The van der Waals surface area contributed by atoms with Crippen LogP contribution in [0.2, 0.25) is 0 Å². The number of hydrogen-bond acceptors (Lipinski definition) is 6. The highest BCUT2D eigenvalue weighted by atomic mass is 79.9. The lowest BCUT2D eigenvalue weighted by atomic mass is 10.1. The van der Waals surface area contributed by atoms with Crippen LogP contribution >= 0.6 is 31.9 Å². The third kappa shape index (κ3) is 3.21. The number of fused-ring (bicyclic) bond motifs is 2. The fraction of sp³-hybridized carbons (Fsp3) is 0.235. The van der Waals surface area contributed by atoms with Gasteiger partial charge in [-0.2, -0.15) is 0 Å². The highest BCUT2D eigenvalue weighted by Gasteiger charge is 2.20. The molecule has 0 spiro atoms. The summed E-state index contributed by atoms with van der Waals surface area (Å²) in [5.41, 5.74) is 8.86. The van der Waals surface area contributed by atoms with Gasteiger partial charge in [0.25, 0.3) is 0 Å². The van der Waals surface area contributed by atoms with Crippen molar-refractivity contribution in [2.75, 3.05) is 12.3 Å². The summed E-state index contributed by atoms with van der Waals surface area (Å²) in [5, 5.41) is 0.562. The predicted octanol–water partition coefficient (Wildman–Crippen LogP) is 3.25. The minimum atomic E-state index is -0.0115. The lowest BCUT2D eigenvalue weighted by molar-refractivity contribution is 0.240. The zero-order valence-electron chi connectivity index (χ0n) is 13.1. The van der Waals surface area contributed by atoms with Crippen molar-refractivity contribution >= 4 is 48.8 Å². The Kier molecular flexibility index (Phi) is 4.35. The summed E-state index contributed by atoms with van der Waals surface area (Å²) in [7, 11) is 0. The molecule has 0 saturated carbocycles. The molecule has 1 aromatic carbocycles. The van der Waals surface area contributed by atoms with E-state index in [0.29, 0.717) is 35.6 Å². The Hall–Kier alpha value is -1.77. The fourth-order valence-electron chi connectivity index (χ4n) is 3.08. The summed E-state index contributed by atoms with van der Waals surface area (Å²) < 4.78 is 7.28. The average molecular weight is 466 g/mol. The number of benzene rings is 1. The lowest BCUT2D eigenvalue weighted by Crippen LogP contribution is -2.32. The highest BCUT2D eigenvalue weighted by molar-refractivity contribution is 9.11. The number of rotatable bonds is 2. The largest absolute Gasteiger partial charge is 0.463 e. The minimum absolute atomic E-state index is 0.0115.